The van der Waals surface area contributed by atoms with Gasteiger partial charge in [-0.3, -0.25) is 9.69 Å². The molecule has 1 aliphatic carbocycles. The second-order valence-electron chi connectivity index (χ2n) is 7.80. The summed E-state index contributed by atoms with van der Waals surface area (Å²) in [4.78, 5) is 30.3. The van der Waals surface area contributed by atoms with Gasteiger partial charge in [-0.1, -0.05) is 0 Å². The molecule has 2 saturated heterocycles. The average molecular weight is 372 g/mol. The van der Waals surface area contributed by atoms with Crippen LogP contribution in [0.25, 0.3) is 0 Å². The molecule has 8 heteroatoms. The van der Waals surface area contributed by atoms with Crippen molar-refractivity contribution in [2.75, 3.05) is 45.8 Å². The van der Waals surface area contributed by atoms with Gasteiger partial charge in [0.05, 0.1) is 6.54 Å². The summed E-state index contributed by atoms with van der Waals surface area (Å²) in [6, 6.07) is -0.695. The molecule has 148 valence electrons. The quantitative estimate of drug-likeness (QED) is 0.823. The zero-order valence-corrected chi connectivity index (χ0v) is 15.4. The van der Waals surface area contributed by atoms with Gasteiger partial charge in [-0.15, -0.1) is 0 Å². The molecule has 26 heavy (non-hydrogen) atoms. The second-order valence-corrected chi connectivity index (χ2v) is 7.80. The lowest BCUT2D eigenvalue weighted by Gasteiger charge is -2.37. The van der Waals surface area contributed by atoms with E-state index in [-0.39, 0.29) is 24.8 Å². The van der Waals surface area contributed by atoms with Gasteiger partial charge in [0.1, 0.15) is 0 Å². The van der Waals surface area contributed by atoms with Crippen LogP contribution in [0.2, 0.25) is 0 Å². The van der Waals surface area contributed by atoms with Crippen LogP contribution < -0.4 is 5.32 Å². The SMILES string of the molecule is O=C(CN1CCN(C(=O)NC2CCCC(F)(F)C2)CC1)N1CCCCC1. The van der Waals surface area contributed by atoms with Crippen molar-refractivity contribution in [3.05, 3.63) is 0 Å². The van der Waals surface area contributed by atoms with E-state index >= 15 is 0 Å². The van der Waals surface area contributed by atoms with Crippen LogP contribution in [0, 0.1) is 0 Å². The van der Waals surface area contributed by atoms with Crippen molar-refractivity contribution in [1.29, 1.82) is 0 Å². The van der Waals surface area contributed by atoms with Crippen LogP contribution in [0.3, 0.4) is 0 Å². The Bertz CT molecular complexity index is 503. The van der Waals surface area contributed by atoms with E-state index in [1.165, 1.54) is 6.42 Å². The van der Waals surface area contributed by atoms with E-state index in [9.17, 15) is 18.4 Å². The van der Waals surface area contributed by atoms with Gasteiger partial charge in [0.25, 0.3) is 0 Å². The van der Waals surface area contributed by atoms with Crippen molar-refractivity contribution in [3.63, 3.8) is 0 Å². The molecule has 0 bridgehead atoms. The Labute approximate surface area is 153 Å². The van der Waals surface area contributed by atoms with Crippen molar-refractivity contribution in [3.8, 4) is 0 Å². The Morgan fingerprint density at radius 1 is 0.923 bits per heavy atom. The maximum Gasteiger partial charge on any atom is 0.317 e. The molecule has 1 unspecified atom stereocenters. The summed E-state index contributed by atoms with van der Waals surface area (Å²) in [5.74, 6) is -2.49. The lowest BCUT2D eigenvalue weighted by molar-refractivity contribution is -0.133. The Morgan fingerprint density at radius 3 is 2.27 bits per heavy atom. The molecule has 1 saturated carbocycles. The van der Waals surface area contributed by atoms with E-state index in [2.05, 4.69) is 10.2 Å². The smallest absolute Gasteiger partial charge is 0.317 e. The number of alkyl halides is 2. The minimum absolute atomic E-state index is 0.0803. The third-order valence-electron chi connectivity index (χ3n) is 5.69. The van der Waals surface area contributed by atoms with Crippen LogP contribution in [0.4, 0.5) is 13.6 Å². The Balaban J connectivity index is 1.39. The molecule has 3 fully saturated rings. The lowest BCUT2D eigenvalue weighted by atomic mass is 9.92. The van der Waals surface area contributed by atoms with Gasteiger partial charge in [0.15, 0.2) is 0 Å². The van der Waals surface area contributed by atoms with Crippen LogP contribution in [0.15, 0.2) is 0 Å². The molecular weight excluding hydrogens is 342 g/mol. The average Bonchev–Trinajstić information content (AvgIpc) is 2.62. The first-order valence-electron chi connectivity index (χ1n) is 9.86. The topological polar surface area (TPSA) is 55.9 Å². The zero-order valence-electron chi connectivity index (χ0n) is 15.4. The van der Waals surface area contributed by atoms with E-state index in [1.54, 1.807) is 4.90 Å². The number of halogens is 2. The van der Waals surface area contributed by atoms with Gasteiger partial charge < -0.3 is 15.1 Å². The summed E-state index contributed by atoms with van der Waals surface area (Å²) in [6.45, 7) is 4.47. The maximum atomic E-state index is 13.5. The second kappa shape index (κ2) is 8.50. The van der Waals surface area contributed by atoms with Crippen molar-refractivity contribution < 1.29 is 18.4 Å². The van der Waals surface area contributed by atoms with E-state index in [0.717, 1.165) is 25.9 Å². The first-order chi connectivity index (χ1) is 12.4. The van der Waals surface area contributed by atoms with Crippen LogP contribution in [-0.4, -0.2) is 84.4 Å². The number of likely N-dealkylation sites (tertiary alicyclic amines) is 1. The van der Waals surface area contributed by atoms with Gasteiger partial charge in [0, 0.05) is 58.2 Å². The van der Waals surface area contributed by atoms with Crippen molar-refractivity contribution in [2.45, 2.75) is 56.9 Å². The predicted molar refractivity (Wildman–Crippen MR) is 94.2 cm³/mol. The first kappa shape index (κ1) is 19.3. The van der Waals surface area contributed by atoms with Gasteiger partial charge >= 0.3 is 6.03 Å². The molecule has 1 atom stereocenters. The molecular formula is C18H30F2N4O2. The maximum absolute atomic E-state index is 13.5. The molecule has 3 aliphatic rings. The summed E-state index contributed by atoms with van der Waals surface area (Å²) in [5, 5.41) is 2.76. The fourth-order valence-corrected chi connectivity index (χ4v) is 4.10. The minimum atomic E-state index is -2.66. The molecule has 6 nitrogen and oxygen atoms in total. The Hall–Kier alpha value is -1.44. The molecule has 1 N–H and O–H groups in total. The molecule has 0 aromatic heterocycles. The standard InChI is InChI=1S/C18H30F2N4O2/c19-18(20)6-4-5-15(13-18)21-17(26)24-11-9-22(10-12-24)14-16(25)23-7-2-1-3-8-23/h15H,1-14H2,(H,21,26). The van der Waals surface area contributed by atoms with Crippen molar-refractivity contribution in [2.24, 2.45) is 0 Å². The normalized spacial score (nSPS) is 27.2. The largest absolute Gasteiger partial charge is 0.342 e. The summed E-state index contributed by atoms with van der Waals surface area (Å²) < 4.78 is 26.9. The van der Waals surface area contributed by atoms with Gasteiger partial charge in [0.2, 0.25) is 11.8 Å². The fourth-order valence-electron chi connectivity index (χ4n) is 4.10. The van der Waals surface area contributed by atoms with Crippen LogP contribution in [-0.2, 0) is 4.79 Å². The molecule has 0 radical (unpaired) electrons. The summed E-state index contributed by atoms with van der Waals surface area (Å²) in [5.41, 5.74) is 0. The van der Waals surface area contributed by atoms with Gasteiger partial charge in [-0.25, -0.2) is 13.6 Å². The fraction of sp³-hybridized carbons (Fsp3) is 0.889. The third-order valence-corrected chi connectivity index (χ3v) is 5.69. The van der Waals surface area contributed by atoms with E-state index in [0.29, 0.717) is 45.6 Å². The number of piperazine rings is 1. The van der Waals surface area contributed by atoms with E-state index < -0.39 is 12.0 Å². The number of nitrogens with one attached hydrogen (secondary N) is 1. The summed E-state index contributed by atoms with van der Waals surface area (Å²) >= 11 is 0. The number of urea groups is 1. The number of piperidine rings is 1. The van der Waals surface area contributed by atoms with Crippen LogP contribution >= 0.6 is 0 Å². The molecule has 2 aliphatic heterocycles. The molecule has 0 aromatic rings. The van der Waals surface area contributed by atoms with Crippen molar-refractivity contribution in [1.82, 2.24) is 20.0 Å². The van der Waals surface area contributed by atoms with Crippen LogP contribution in [0.1, 0.15) is 44.9 Å². The minimum Gasteiger partial charge on any atom is -0.342 e. The number of rotatable bonds is 3. The highest BCUT2D eigenvalue weighted by atomic mass is 19.3. The Kier molecular flexibility index (Phi) is 6.32. The monoisotopic (exact) mass is 372 g/mol. The van der Waals surface area contributed by atoms with Crippen LogP contribution in [0.5, 0.6) is 0 Å². The number of carbonyl (C=O) groups excluding carboxylic acids is 2. The number of hydrogen-bond acceptors (Lipinski definition) is 3. The number of amides is 3. The first-order valence-corrected chi connectivity index (χ1v) is 9.86. The lowest BCUT2D eigenvalue weighted by Crippen LogP contribution is -2.55. The molecule has 0 aromatic carbocycles. The Morgan fingerprint density at radius 2 is 1.62 bits per heavy atom. The number of carbonyl (C=O) groups is 2. The van der Waals surface area contributed by atoms with Gasteiger partial charge in [-0.05, 0) is 32.1 Å². The highest BCUT2D eigenvalue weighted by Crippen LogP contribution is 2.33. The third kappa shape index (κ3) is 5.28. The van der Waals surface area contributed by atoms with Crippen molar-refractivity contribution >= 4 is 11.9 Å². The summed E-state index contributed by atoms with van der Waals surface area (Å²) in [7, 11) is 0. The number of hydrogen-bond donors (Lipinski definition) is 1. The molecule has 3 amide bonds. The molecule has 3 rings (SSSR count). The predicted octanol–water partition coefficient (Wildman–Crippen LogP) is 1.90. The zero-order chi connectivity index (χ0) is 18.6. The highest BCUT2D eigenvalue weighted by molar-refractivity contribution is 5.78. The van der Waals surface area contributed by atoms with Gasteiger partial charge in [-0.2, -0.15) is 0 Å². The molecule has 2 heterocycles. The molecule has 0 spiro atoms. The highest BCUT2D eigenvalue weighted by Gasteiger charge is 2.37. The van der Waals surface area contributed by atoms with E-state index in [4.69, 9.17) is 0 Å². The van der Waals surface area contributed by atoms with E-state index in [1.807, 2.05) is 4.90 Å². The number of nitrogens with zero attached hydrogens (tertiary/aromatic N) is 3. The summed E-state index contributed by atoms with van der Waals surface area (Å²) in [6.07, 6.45) is 4.09.